The summed E-state index contributed by atoms with van der Waals surface area (Å²) < 4.78 is 5.97. The minimum atomic E-state index is -0.402. The second-order valence-electron chi connectivity index (χ2n) is 6.43. The number of rotatable bonds is 4. The summed E-state index contributed by atoms with van der Waals surface area (Å²) in [5, 5.41) is 0. The molecule has 0 aromatic heterocycles. The van der Waals surface area contributed by atoms with E-state index in [0.29, 0.717) is 11.7 Å². The van der Waals surface area contributed by atoms with E-state index in [1.165, 1.54) is 25.3 Å². The summed E-state index contributed by atoms with van der Waals surface area (Å²) in [7, 11) is 1.41. The van der Waals surface area contributed by atoms with Crippen LogP contribution in [0.3, 0.4) is 0 Å². The van der Waals surface area contributed by atoms with Crippen LogP contribution in [0.25, 0.3) is 0 Å². The van der Waals surface area contributed by atoms with Gasteiger partial charge in [-0.2, -0.15) is 0 Å². The van der Waals surface area contributed by atoms with Crippen LogP contribution < -0.4 is 0 Å². The van der Waals surface area contributed by atoms with Gasteiger partial charge in [0.1, 0.15) is 6.04 Å². The fourth-order valence-corrected chi connectivity index (χ4v) is 4.95. The number of thioether (sulfide) groups is 1. The molecule has 3 unspecified atom stereocenters. The fraction of sp³-hybridized carbons (Fsp3) is 0.556. The predicted octanol–water partition coefficient (Wildman–Crippen LogP) is 3.87. The third-order valence-electron chi connectivity index (χ3n) is 5.03. The number of fused-ring (bicyclic) bond motifs is 1. The number of likely N-dealkylation sites (tertiary alicyclic amines) is 1. The first kappa shape index (κ1) is 17.8. The largest absolute Gasteiger partial charge is 0.467 e. The van der Waals surface area contributed by atoms with Gasteiger partial charge in [-0.05, 0) is 49.4 Å². The Morgan fingerprint density at radius 3 is 2.67 bits per heavy atom. The van der Waals surface area contributed by atoms with E-state index in [1.54, 1.807) is 0 Å². The Morgan fingerprint density at radius 2 is 1.96 bits per heavy atom. The summed E-state index contributed by atoms with van der Waals surface area (Å²) in [4.78, 5) is 27.9. The Kier molecular flexibility index (Phi) is 5.87. The maximum atomic E-state index is 12.9. The molecule has 1 aromatic carbocycles. The number of halogens is 1. The number of nitrogens with zero attached hydrogens (tertiary/aromatic N) is 1. The van der Waals surface area contributed by atoms with Crippen molar-refractivity contribution in [2.75, 3.05) is 12.9 Å². The molecule has 6 heteroatoms. The van der Waals surface area contributed by atoms with Gasteiger partial charge >= 0.3 is 5.97 Å². The number of amides is 1. The van der Waals surface area contributed by atoms with Crippen LogP contribution in [0.15, 0.2) is 33.6 Å². The molecule has 1 aliphatic heterocycles. The van der Waals surface area contributed by atoms with Crippen molar-refractivity contribution in [1.29, 1.82) is 0 Å². The third-order valence-corrected chi connectivity index (χ3v) is 6.55. The molecule has 130 valence electrons. The molecule has 1 aliphatic carbocycles. The van der Waals surface area contributed by atoms with Crippen LogP contribution in [0.1, 0.15) is 32.1 Å². The number of ether oxygens (including phenoxy) is 1. The Labute approximate surface area is 155 Å². The molecule has 2 fully saturated rings. The van der Waals surface area contributed by atoms with Gasteiger partial charge < -0.3 is 9.64 Å². The molecule has 1 heterocycles. The first-order chi connectivity index (χ1) is 11.6. The van der Waals surface area contributed by atoms with Gasteiger partial charge in [0.2, 0.25) is 5.91 Å². The minimum Gasteiger partial charge on any atom is -0.467 e. The summed E-state index contributed by atoms with van der Waals surface area (Å²) in [5.41, 5.74) is 0. The van der Waals surface area contributed by atoms with Crippen molar-refractivity contribution < 1.29 is 14.3 Å². The molecule has 1 aromatic rings. The first-order valence-electron chi connectivity index (χ1n) is 8.37. The van der Waals surface area contributed by atoms with Crippen molar-refractivity contribution in [2.24, 2.45) is 5.92 Å². The van der Waals surface area contributed by atoms with Crippen LogP contribution in [-0.2, 0) is 14.3 Å². The topological polar surface area (TPSA) is 46.6 Å². The predicted molar refractivity (Wildman–Crippen MR) is 97.9 cm³/mol. The van der Waals surface area contributed by atoms with Crippen LogP contribution in [0.4, 0.5) is 0 Å². The van der Waals surface area contributed by atoms with Crippen LogP contribution in [0, 0.1) is 5.92 Å². The number of benzene rings is 1. The van der Waals surface area contributed by atoms with Crippen molar-refractivity contribution >= 4 is 39.6 Å². The Balaban J connectivity index is 1.69. The van der Waals surface area contributed by atoms with Crippen molar-refractivity contribution in [3.8, 4) is 0 Å². The van der Waals surface area contributed by atoms with Gasteiger partial charge in [-0.15, -0.1) is 11.8 Å². The average molecular weight is 412 g/mol. The zero-order chi connectivity index (χ0) is 17.1. The molecule has 1 saturated carbocycles. The van der Waals surface area contributed by atoms with Crippen LogP contribution in [0.2, 0.25) is 0 Å². The number of hydrogen-bond donors (Lipinski definition) is 0. The van der Waals surface area contributed by atoms with E-state index in [1.807, 2.05) is 29.2 Å². The van der Waals surface area contributed by atoms with E-state index >= 15 is 0 Å². The van der Waals surface area contributed by atoms with Gasteiger partial charge in [0.25, 0.3) is 0 Å². The monoisotopic (exact) mass is 411 g/mol. The Bertz CT molecular complexity index is 607. The van der Waals surface area contributed by atoms with Gasteiger partial charge in [0.15, 0.2) is 0 Å². The molecular formula is C18H22BrNO3S. The molecule has 1 saturated heterocycles. The summed E-state index contributed by atoms with van der Waals surface area (Å²) in [6.45, 7) is 0. The molecule has 0 bridgehead atoms. The highest BCUT2D eigenvalue weighted by Gasteiger charge is 2.47. The highest BCUT2D eigenvalue weighted by Crippen LogP contribution is 2.40. The van der Waals surface area contributed by atoms with Crippen molar-refractivity contribution in [3.05, 3.63) is 28.7 Å². The smallest absolute Gasteiger partial charge is 0.328 e. The number of hydrogen-bond acceptors (Lipinski definition) is 4. The molecule has 3 rings (SSSR count). The quantitative estimate of drug-likeness (QED) is 0.557. The lowest BCUT2D eigenvalue weighted by atomic mass is 9.85. The van der Waals surface area contributed by atoms with Crippen LogP contribution in [-0.4, -0.2) is 41.7 Å². The van der Waals surface area contributed by atoms with Crippen molar-refractivity contribution in [3.63, 3.8) is 0 Å². The number of carbonyl (C=O) groups is 2. The van der Waals surface area contributed by atoms with E-state index in [2.05, 4.69) is 15.9 Å². The standard InChI is InChI=1S/C18H22BrNO3S/c1-23-18(22)16-10-12-4-2-3-5-15(12)20(16)17(21)11-24-14-8-6-13(19)7-9-14/h6-9,12,15-16H,2-5,10-11H2,1H3. The third kappa shape index (κ3) is 3.80. The summed E-state index contributed by atoms with van der Waals surface area (Å²) in [6, 6.07) is 7.73. The molecular weight excluding hydrogens is 390 g/mol. The molecule has 0 radical (unpaired) electrons. The normalized spacial score (nSPS) is 26.1. The van der Waals surface area contributed by atoms with Gasteiger partial charge in [-0.1, -0.05) is 28.8 Å². The van der Waals surface area contributed by atoms with Gasteiger partial charge in [0, 0.05) is 15.4 Å². The highest BCUT2D eigenvalue weighted by molar-refractivity contribution is 9.10. The zero-order valence-electron chi connectivity index (χ0n) is 13.7. The van der Waals surface area contributed by atoms with E-state index in [0.717, 1.165) is 35.1 Å². The van der Waals surface area contributed by atoms with Gasteiger partial charge in [-0.3, -0.25) is 4.79 Å². The highest BCUT2D eigenvalue weighted by atomic mass is 79.9. The molecule has 2 aliphatic rings. The number of carbonyl (C=O) groups excluding carboxylic acids is 2. The zero-order valence-corrected chi connectivity index (χ0v) is 16.1. The molecule has 0 spiro atoms. The fourth-order valence-electron chi connectivity index (χ4n) is 3.92. The summed E-state index contributed by atoms with van der Waals surface area (Å²) >= 11 is 4.93. The van der Waals surface area contributed by atoms with E-state index in [4.69, 9.17) is 4.74 Å². The summed E-state index contributed by atoms with van der Waals surface area (Å²) in [5.74, 6) is 0.585. The van der Waals surface area contributed by atoms with E-state index < -0.39 is 6.04 Å². The lowest BCUT2D eigenvalue weighted by molar-refractivity contribution is -0.151. The van der Waals surface area contributed by atoms with Gasteiger partial charge in [0.05, 0.1) is 12.9 Å². The second kappa shape index (κ2) is 7.91. The lowest BCUT2D eigenvalue weighted by Crippen LogP contribution is -2.47. The Morgan fingerprint density at radius 1 is 1.25 bits per heavy atom. The van der Waals surface area contributed by atoms with Crippen LogP contribution >= 0.6 is 27.7 Å². The van der Waals surface area contributed by atoms with Crippen LogP contribution in [0.5, 0.6) is 0 Å². The average Bonchev–Trinajstić information content (AvgIpc) is 3.00. The number of methoxy groups -OCH3 is 1. The van der Waals surface area contributed by atoms with E-state index in [-0.39, 0.29) is 17.9 Å². The minimum absolute atomic E-state index is 0.0488. The molecule has 1 amide bonds. The molecule has 24 heavy (non-hydrogen) atoms. The molecule has 0 N–H and O–H groups in total. The maximum Gasteiger partial charge on any atom is 0.328 e. The molecule has 4 nitrogen and oxygen atoms in total. The molecule has 3 atom stereocenters. The van der Waals surface area contributed by atoms with E-state index in [9.17, 15) is 9.59 Å². The SMILES string of the molecule is COC(=O)C1CC2CCCCC2N1C(=O)CSc1ccc(Br)cc1. The lowest BCUT2D eigenvalue weighted by Gasteiger charge is -2.33. The van der Waals surface area contributed by atoms with Crippen molar-refractivity contribution in [1.82, 2.24) is 4.90 Å². The maximum absolute atomic E-state index is 12.9. The Hall–Kier alpha value is -1.01. The first-order valence-corrected chi connectivity index (χ1v) is 10.2. The second-order valence-corrected chi connectivity index (χ2v) is 8.39. The summed E-state index contributed by atoms with van der Waals surface area (Å²) in [6.07, 6.45) is 5.21. The number of esters is 1. The van der Waals surface area contributed by atoms with Gasteiger partial charge in [-0.25, -0.2) is 4.79 Å². The van der Waals surface area contributed by atoms with Crippen molar-refractivity contribution in [2.45, 2.75) is 49.1 Å².